The number of ether oxygens (including phenoxy) is 1. The van der Waals surface area contributed by atoms with Crippen molar-refractivity contribution < 1.29 is 13.9 Å². The summed E-state index contributed by atoms with van der Waals surface area (Å²) < 4.78 is 18.6. The Hall–Kier alpha value is -1.38. The van der Waals surface area contributed by atoms with Crippen LogP contribution in [0.5, 0.6) is 5.75 Å². The van der Waals surface area contributed by atoms with Crippen molar-refractivity contribution in [3.63, 3.8) is 0 Å². The number of hydrogen-bond donors (Lipinski definition) is 0. The molecule has 82 valence electrons. The molecule has 0 N–H and O–H groups in total. The number of hydrogen-bond acceptors (Lipinski definition) is 2. The van der Waals surface area contributed by atoms with Gasteiger partial charge in [0.05, 0.1) is 0 Å². The van der Waals surface area contributed by atoms with Crippen molar-refractivity contribution in [1.29, 1.82) is 0 Å². The summed E-state index contributed by atoms with van der Waals surface area (Å²) in [7, 11) is 0. The first-order chi connectivity index (χ1) is 6.96. The number of aldehydes is 1. The Morgan fingerprint density at radius 2 is 2.07 bits per heavy atom. The van der Waals surface area contributed by atoms with E-state index in [2.05, 4.69) is 0 Å². The average Bonchev–Trinajstić information content (AvgIpc) is 2.16. The lowest BCUT2D eigenvalue weighted by atomic mass is 10.1. The molecule has 0 bridgehead atoms. The first-order valence-corrected chi connectivity index (χ1v) is 4.91. The fourth-order valence-electron chi connectivity index (χ4n) is 1.10. The molecular formula is C12H15FO2. The zero-order valence-electron chi connectivity index (χ0n) is 9.21. The maximum absolute atomic E-state index is 13.1. The van der Waals surface area contributed by atoms with Crippen LogP contribution in [0.2, 0.25) is 0 Å². The van der Waals surface area contributed by atoms with Gasteiger partial charge < -0.3 is 4.74 Å². The van der Waals surface area contributed by atoms with Crippen molar-refractivity contribution in [2.75, 3.05) is 0 Å². The maximum Gasteiger partial charge on any atom is 0.150 e. The van der Waals surface area contributed by atoms with Gasteiger partial charge in [-0.3, -0.25) is 4.79 Å². The van der Waals surface area contributed by atoms with Crippen LogP contribution in [-0.4, -0.2) is 11.9 Å². The highest BCUT2D eigenvalue weighted by atomic mass is 19.1. The third-order valence-electron chi connectivity index (χ3n) is 2.28. The van der Waals surface area contributed by atoms with Crippen molar-refractivity contribution in [2.24, 2.45) is 0 Å². The second kappa shape index (κ2) is 4.43. The summed E-state index contributed by atoms with van der Waals surface area (Å²) in [5, 5.41) is 0. The molecule has 0 unspecified atom stereocenters. The van der Waals surface area contributed by atoms with Gasteiger partial charge in [0.15, 0.2) is 0 Å². The van der Waals surface area contributed by atoms with Crippen molar-refractivity contribution in [2.45, 2.75) is 32.8 Å². The number of rotatable bonds is 4. The molecule has 0 atom stereocenters. The van der Waals surface area contributed by atoms with Crippen LogP contribution < -0.4 is 4.74 Å². The molecule has 0 aliphatic rings. The van der Waals surface area contributed by atoms with E-state index < -0.39 is 5.82 Å². The summed E-state index contributed by atoms with van der Waals surface area (Å²) in [5.74, 6) is -0.0644. The highest BCUT2D eigenvalue weighted by Crippen LogP contribution is 2.22. The molecule has 1 aromatic carbocycles. The maximum atomic E-state index is 13.1. The lowest BCUT2D eigenvalue weighted by Crippen LogP contribution is -2.26. The predicted octanol–water partition coefficient (Wildman–Crippen LogP) is 3.21. The number of benzene rings is 1. The van der Waals surface area contributed by atoms with Crippen LogP contribution in [0.3, 0.4) is 0 Å². The Morgan fingerprint density at radius 3 is 2.60 bits per heavy atom. The van der Waals surface area contributed by atoms with E-state index in [4.69, 9.17) is 4.74 Å². The van der Waals surface area contributed by atoms with Crippen LogP contribution in [-0.2, 0) is 0 Å². The largest absolute Gasteiger partial charge is 0.488 e. The Morgan fingerprint density at radius 1 is 1.40 bits per heavy atom. The molecule has 0 aromatic heterocycles. The summed E-state index contributed by atoms with van der Waals surface area (Å²) >= 11 is 0. The summed E-state index contributed by atoms with van der Waals surface area (Å²) in [4.78, 5) is 10.5. The van der Waals surface area contributed by atoms with Gasteiger partial charge in [-0.05, 0) is 32.4 Å². The predicted molar refractivity (Wildman–Crippen MR) is 56.8 cm³/mol. The van der Waals surface area contributed by atoms with Gasteiger partial charge in [-0.1, -0.05) is 6.92 Å². The third kappa shape index (κ3) is 3.35. The van der Waals surface area contributed by atoms with E-state index >= 15 is 0 Å². The van der Waals surface area contributed by atoms with E-state index in [-0.39, 0.29) is 11.2 Å². The highest BCUT2D eigenvalue weighted by molar-refractivity contribution is 5.75. The molecule has 0 heterocycles. The average molecular weight is 210 g/mol. The first-order valence-electron chi connectivity index (χ1n) is 4.91. The first kappa shape index (κ1) is 11.7. The molecule has 0 amide bonds. The molecule has 0 aliphatic carbocycles. The van der Waals surface area contributed by atoms with E-state index in [1.54, 1.807) is 0 Å². The fraction of sp³-hybridized carbons (Fsp3) is 0.417. The second-order valence-electron chi connectivity index (χ2n) is 4.05. The molecule has 0 saturated carbocycles. The van der Waals surface area contributed by atoms with E-state index in [9.17, 15) is 9.18 Å². The molecule has 0 fully saturated rings. The Balaban J connectivity index is 2.95. The molecule has 0 spiro atoms. The Bertz CT molecular complexity index is 359. The second-order valence-corrected chi connectivity index (χ2v) is 4.05. The topological polar surface area (TPSA) is 26.3 Å². The van der Waals surface area contributed by atoms with Crippen molar-refractivity contribution in [1.82, 2.24) is 0 Å². The van der Waals surface area contributed by atoms with E-state index in [1.807, 2.05) is 20.8 Å². The zero-order chi connectivity index (χ0) is 11.5. The minimum Gasteiger partial charge on any atom is -0.488 e. The van der Waals surface area contributed by atoms with Gasteiger partial charge in [0.2, 0.25) is 0 Å². The lowest BCUT2D eigenvalue weighted by molar-refractivity contribution is 0.104. The van der Waals surface area contributed by atoms with Gasteiger partial charge in [0, 0.05) is 11.6 Å². The lowest BCUT2D eigenvalue weighted by Gasteiger charge is -2.24. The van der Waals surface area contributed by atoms with Gasteiger partial charge in [-0.25, -0.2) is 4.39 Å². The van der Waals surface area contributed by atoms with Crippen molar-refractivity contribution in [3.05, 3.63) is 29.6 Å². The van der Waals surface area contributed by atoms with Gasteiger partial charge >= 0.3 is 0 Å². The van der Waals surface area contributed by atoms with Crippen LogP contribution >= 0.6 is 0 Å². The molecule has 0 aliphatic heterocycles. The van der Waals surface area contributed by atoms with Crippen LogP contribution in [0.4, 0.5) is 4.39 Å². The molecule has 2 nitrogen and oxygen atoms in total. The van der Waals surface area contributed by atoms with Gasteiger partial charge in [0.1, 0.15) is 23.5 Å². The minimum atomic E-state index is -0.457. The van der Waals surface area contributed by atoms with Crippen LogP contribution in [0.15, 0.2) is 18.2 Å². The molecule has 1 aromatic rings. The van der Waals surface area contributed by atoms with Gasteiger partial charge in [-0.2, -0.15) is 0 Å². The molecule has 0 saturated heterocycles. The summed E-state index contributed by atoms with van der Waals surface area (Å²) in [5.41, 5.74) is -0.0644. The summed E-state index contributed by atoms with van der Waals surface area (Å²) in [6.07, 6.45) is 1.41. The molecule has 3 heteroatoms. The monoisotopic (exact) mass is 210 g/mol. The van der Waals surface area contributed by atoms with Gasteiger partial charge in [-0.15, -0.1) is 0 Å². The zero-order valence-corrected chi connectivity index (χ0v) is 9.21. The smallest absolute Gasteiger partial charge is 0.150 e. The fourth-order valence-corrected chi connectivity index (χ4v) is 1.10. The molecular weight excluding hydrogens is 195 g/mol. The van der Waals surface area contributed by atoms with Crippen LogP contribution in [0, 0.1) is 5.82 Å². The van der Waals surface area contributed by atoms with Crippen LogP contribution in [0.1, 0.15) is 37.6 Å². The molecule has 1 rings (SSSR count). The van der Waals surface area contributed by atoms with Crippen LogP contribution in [0.25, 0.3) is 0 Å². The van der Waals surface area contributed by atoms with Crippen molar-refractivity contribution in [3.8, 4) is 5.75 Å². The highest BCUT2D eigenvalue weighted by Gasteiger charge is 2.17. The van der Waals surface area contributed by atoms with E-state index in [0.717, 1.165) is 6.42 Å². The van der Waals surface area contributed by atoms with Gasteiger partial charge in [0.25, 0.3) is 0 Å². The Kier molecular flexibility index (Phi) is 3.45. The van der Waals surface area contributed by atoms with Crippen molar-refractivity contribution >= 4 is 6.29 Å². The summed E-state index contributed by atoms with van der Waals surface area (Å²) in [6.45, 7) is 5.82. The standard InChI is InChI=1S/C12H15FO2/c1-4-12(2,3)15-11-6-9(8-14)5-10(13)7-11/h5-8H,4H2,1-3H3. The SMILES string of the molecule is CCC(C)(C)Oc1cc(F)cc(C=O)c1. The van der Waals surface area contributed by atoms with E-state index in [0.29, 0.717) is 12.0 Å². The number of carbonyl (C=O) groups excluding carboxylic acids is 1. The third-order valence-corrected chi connectivity index (χ3v) is 2.28. The minimum absolute atomic E-state index is 0.289. The molecule has 15 heavy (non-hydrogen) atoms. The number of carbonyl (C=O) groups is 1. The van der Waals surface area contributed by atoms with E-state index in [1.165, 1.54) is 18.2 Å². The number of halogens is 1. The quantitative estimate of drug-likeness (QED) is 0.713. The normalized spacial score (nSPS) is 11.2. The Labute approximate surface area is 89.1 Å². The summed E-state index contributed by atoms with van der Waals surface area (Å²) in [6, 6.07) is 4.00. The molecule has 0 radical (unpaired) electrons.